The highest BCUT2D eigenvalue weighted by molar-refractivity contribution is 5.79. The van der Waals surface area contributed by atoms with Crippen LogP contribution >= 0.6 is 0 Å². The second-order valence-corrected chi connectivity index (χ2v) is 8.30. The molecule has 1 saturated heterocycles. The molecule has 3 fully saturated rings. The molecular formula is C21H31N3O. The second-order valence-electron chi connectivity index (χ2n) is 8.30. The van der Waals surface area contributed by atoms with Crippen molar-refractivity contribution in [1.82, 2.24) is 5.32 Å². The van der Waals surface area contributed by atoms with Gasteiger partial charge in [-0.15, -0.1) is 0 Å². The fourth-order valence-corrected chi connectivity index (χ4v) is 5.24. The molecule has 3 N–H and O–H groups in total. The number of anilines is 1. The molecule has 3 aliphatic rings. The molecule has 1 amide bonds. The van der Waals surface area contributed by atoms with Crippen molar-refractivity contribution in [3.63, 3.8) is 0 Å². The Morgan fingerprint density at radius 1 is 1.00 bits per heavy atom. The molecule has 0 aromatic heterocycles. The van der Waals surface area contributed by atoms with E-state index in [4.69, 9.17) is 5.73 Å². The number of hydrogen-bond acceptors (Lipinski definition) is 3. The number of carbonyl (C=O) groups is 1. The Morgan fingerprint density at radius 3 is 2.28 bits per heavy atom. The molecular weight excluding hydrogens is 310 g/mol. The quantitative estimate of drug-likeness (QED) is 0.889. The van der Waals surface area contributed by atoms with Crippen LogP contribution in [0.5, 0.6) is 0 Å². The van der Waals surface area contributed by atoms with E-state index in [2.05, 4.69) is 40.5 Å². The first-order valence-electron chi connectivity index (χ1n) is 10.1. The maximum atomic E-state index is 12.8. The lowest BCUT2D eigenvalue weighted by atomic mass is 9.65. The molecule has 25 heavy (non-hydrogen) atoms. The van der Waals surface area contributed by atoms with E-state index < -0.39 is 0 Å². The van der Waals surface area contributed by atoms with Crippen molar-refractivity contribution in [2.24, 2.45) is 23.5 Å². The first kappa shape index (κ1) is 16.9. The van der Waals surface area contributed by atoms with Gasteiger partial charge in [-0.05, 0) is 62.5 Å². The van der Waals surface area contributed by atoms with Crippen LogP contribution in [0.4, 0.5) is 5.69 Å². The van der Waals surface area contributed by atoms with Crippen molar-refractivity contribution in [1.29, 1.82) is 0 Å². The van der Waals surface area contributed by atoms with Crippen LogP contribution in [-0.4, -0.2) is 31.1 Å². The van der Waals surface area contributed by atoms with Gasteiger partial charge < -0.3 is 16.0 Å². The van der Waals surface area contributed by atoms with Crippen LogP contribution in [-0.2, 0) is 4.79 Å². The third kappa shape index (κ3) is 3.69. The molecule has 1 aromatic rings. The average Bonchev–Trinajstić information content (AvgIpc) is 2.63. The van der Waals surface area contributed by atoms with Crippen LogP contribution in [0.2, 0.25) is 0 Å². The van der Waals surface area contributed by atoms with Gasteiger partial charge in [0.05, 0.1) is 0 Å². The highest BCUT2D eigenvalue weighted by atomic mass is 16.1. The van der Waals surface area contributed by atoms with E-state index in [9.17, 15) is 4.79 Å². The van der Waals surface area contributed by atoms with E-state index in [1.165, 1.54) is 24.9 Å². The predicted octanol–water partition coefficient (Wildman–Crippen LogP) is 2.93. The maximum absolute atomic E-state index is 12.8. The summed E-state index contributed by atoms with van der Waals surface area (Å²) in [6.07, 6.45) is 7.83. The first-order chi connectivity index (χ1) is 12.2. The van der Waals surface area contributed by atoms with Crippen LogP contribution in [0, 0.1) is 17.8 Å². The molecule has 2 atom stereocenters. The number of piperidine rings is 1. The zero-order valence-corrected chi connectivity index (χ0v) is 15.1. The summed E-state index contributed by atoms with van der Waals surface area (Å²) in [5.41, 5.74) is 7.66. The van der Waals surface area contributed by atoms with E-state index in [-0.39, 0.29) is 5.92 Å². The van der Waals surface area contributed by atoms with Gasteiger partial charge in [-0.3, -0.25) is 4.79 Å². The summed E-state index contributed by atoms with van der Waals surface area (Å²) in [4.78, 5) is 15.2. The van der Waals surface area contributed by atoms with Gasteiger partial charge in [-0.1, -0.05) is 24.6 Å². The Labute approximate surface area is 151 Å². The number of nitrogens with zero attached hydrogens (tertiary/aromatic N) is 1. The number of rotatable bonds is 3. The van der Waals surface area contributed by atoms with Crippen molar-refractivity contribution in [3.05, 3.63) is 30.3 Å². The summed E-state index contributed by atoms with van der Waals surface area (Å²) in [5, 5.41) is 3.36. The lowest BCUT2D eigenvalue weighted by Gasteiger charge is -2.44. The minimum absolute atomic E-state index is 0.197. The summed E-state index contributed by atoms with van der Waals surface area (Å²) in [6, 6.07) is 11.3. The third-order valence-electron chi connectivity index (χ3n) is 6.75. The molecule has 2 unspecified atom stereocenters. The highest BCUT2D eigenvalue weighted by Crippen LogP contribution is 2.42. The monoisotopic (exact) mass is 341 g/mol. The fraction of sp³-hybridized carbons (Fsp3) is 0.667. The lowest BCUT2D eigenvalue weighted by molar-refractivity contribution is -0.128. The zero-order chi connectivity index (χ0) is 17.2. The van der Waals surface area contributed by atoms with Gasteiger partial charge in [0.2, 0.25) is 5.91 Å². The normalized spacial score (nSPS) is 33.1. The molecule has 2 aliphatic carbocycles. The summed E-state index contributed by atoms with van der Waals surface area (Å²) >= 11 is 0. The predicted molar refractivity (Wildman–Crippen MR) is 101 cm³/mol. The third-order valence-corrected chi connectivity index (χ3v) is 6.75. The van der Waals surface area contributed by atoms with Crippen LogP contribution in [0.3, 0.4) is 0 Å². The number of fused-ring (bicyclic) bond motifs is 2. The molecule has 136 valence electrons. The number of amides is 1. The largest absolute Gasteiger partial charge is 0.371 e. The molecule has 0 radical (unpaired) electrons. The van der Waals surface area contributed by atoms with Crippen molar-refractivity contribution >= 4 is 11.6 Å². The topological polar surface area (TPSA) is 58.4 Å². The number of hydrogen-bond donors (Lipinski definition) is 2. The Balaban J connectivity index is 1.28. The van der Waals surface area contributed by atoms with E-state index in [0.29, 0.717) is 29.8 Å². The first-order valence-corrected chi connectivity index (χ1v) is 10.1. The SMILES string of the molecule is NC1C2CCCC1CC(C(=O)NC1CCN(c3ccccc3)CC1)C2. The van der Waals surface area contributed by atoms with Gasteiger partial charge in [-0.2, -0.15) is 0 Å². The van der Waals surface area contributed by atoms with Crippen LogP contribution in [0.15, 0.2) is 30.3 Å². The summed E-state index contributed by atoms with van der Waals surface area (Å²) in [6.45, 7) is 2.05. The summed E-state index contributed by atoms with van der Waals surface area (Å²) in [5.74, 6) is 1.63. The van der Waals surface area contributed by atoms with Crippen molar-refractivity contribution in [3.8, 4) is 0 Å². The number of carbonyl (C=O) groups excluding carboxylic acids is 1. The molecule has 4 rings (SSSR count). The molecule has 1 heterocycles. The van der Waals surface area contributed by atoms with Gasteiger partial charge in [0.1, 0.15) is 0 Å². The smallest absolute Gasteiger partial charge is 0.223 e. The zero-order valence-electron chi connectivity index (χ0n) is 15.1. The van der Waals surface area contributed by atoms with E-state index in [0.717, 1.165) is 38.8 Å². The molecule has 2 bridgehead atoms. The lowest BCUT2D eigenvalue weighted by Crippen LogP contribution is -2.51. The fourth-order valence-electron chi connectivity index (χ4n) is 5.24. The van der Waals surface area contributed by atoms with Gasteiger partial charge in [0.25, 0.3) is 0 Å². The Morgan fingerprint density at radius 2 is 1.64 bits per heavy atom. The number of nitrogens with two attached hydrogens (primary N) is 1. The molecule has 4 nitrogen and oxygen atoms in total. The van der Waals surface area contributed by atoms with Crippen molar-refractivity contribution in [2.45, 2.75) is 57.0 Å². The van der Waals surface area contributed by atoms with E-state index in [1.54, 1.807) is 0 Å². The van der Waals surface area contributed by atoms with Gasteiger partial charge in [0.15, 0.2) is 0 Å². The number of para-hydroxylation sites is 1. The minimum atomic E-state index is 0.197. The van der Waals surface area contributed by atoms with Crippen molar-refractivity contribution in [2.75, 3.05) is 18.0 Å². The molecule has 0 spiro atoms. The van der Waals surface area contributed by atoms with Crippen LogP contribution < -0.4 is 16.0 Å². The molecule has 1 aromatic carbocycles. The van der Waals surface area contributed by atoms with Crippen molar-refractivity contribution < 1.29 is 4.79 Å². The number of benzene rings is 1. The molecule has 4 heteroatoms. The highest BCUT2D eigenvalue weighted by Gasteiger charge is 2.40. The summed E-state index contributed by atoms with van der Waals surface area (Å²) in [7, 11) is 0. The van der Waals surface area contributed by atoms with E-state index >= 15 is 0 Å². The Hall–Kier alpha value is -1.55. The van der Waals surface area contributed by atoms with Gasteiger partial charge >= 0.3 is 0 Å². The van der Waals surface area contributed by atoms with Gasteiger partial charge in [-0.25, -0.2) is 0 Å². The van der Waals surface area contributed by atoms with Crippen LogP contribution in [0.25, 0.3) is 0 Å². The maximum Gasteiger partial charge on any atom is 0.223 e. The second kappa shape index (κ2) is 7.36. The Bertz CT molecular complexity index is 568. The minimum Gasteiger partial charge on any atom is -0.371 e. The number of nitrogens with one attached hydrogen (secondary N) is 1. The summed E-state index contributed by atoms with van der Waals surface area (Å²) < 4.78 is 0. The molecule has 1 aliphatic heterocycles. The van der Waals surface area contributed by atoms with Gasteiger partial charge in [0, 0.05) is 36.8 Å². The Kier molecular flexibility index (Phi) is 4.98. The average molecular weight is 341 g/mol. The van der Waals surface area contributed by atoms with E-state index in [1.807, 2.05) is 0 Å². The molecule has 2 saturated carbocycles. The standard InChI is InChI=1S/C21H31N3O/c22-20-15-5-4-6-16(20)14-17(13-15)21(25)23-18-9-11-24(12-10-18)19-7-2-1-3-8-19/h1-3,7-8,15-18,20H,4-6,9-14,22H2,(H,23,25). The van der Waals surface area contributed by atoms with Crippen LogP contribution in [0.1, 0.15) is 44.9 Å².